The van der Waals surface area contributed by atoms with Crippen LogP contribution in [0.15, 0.2) is 77.8 Å². The van der Waals surface area contributed by atoms with Crippen molar-refractivity contribution in [3.05, 3.63) is 89.5 Å². The summed E-state index contributed by atoms with van der Waals surface area (Å²) in [5.41, 5.74) is 4.54. The number of urea groups is 1. The third-order valence-corrected chi connectivity index (χ3v) is 7.05. The second-order valence-electron chi connectivity index (χ2n) is 9.48. The molecule has 1 atom stereocenters. The number of rotatable bonds is 5. The van der Waals surface area contributed by atoms with Crippen molar-refractivity contribution >= 4 is 40.7 Å². The van der Waals surface area contributed by atoms with Crippen molar-refractivity contribution in [1.29, 1.82) is 0 Å². The minimum absolute atomic E-state index is 0.00326. The van der Waals surface area contributed by atoms with Crippen LogP contribution < -0.4 is 10.2 Å². The second-order valence-corrected chi connectivity index (χ2v) is 9.48. The van der Waals surface area contributed by atoms with E-state index in [1.807, 2.05) is 59.5 Å². The number of anilines is 2. The molecule has 2 aliphatic heterocycles. The van der Waals surface area contributed by atoms with Gasteiger partial charge in [-0.1, -0.05) is 36.4 Å². The van der Waals surface area contributed by atoms with E-state index >= 15 is 0 Å². The molecule has 38 heavy (non-hydrogen) atoms. The van der Waals surface area contributed by atoms with Gasteiger partial charge in [0.25, 0.3) is 0 Å². The first-order valence-electron chi connectivity index (χ1n) is 12.8. The minimum Gasteiger partial charge on any atom is -0.465 e. The number of aliphatic imine (C=N–C) groups is 1. The molecule has 1 saturated heterocycles. The van der Waals surface area contributed by atoms with Crippen LogP contribution in [0.1, 0.15) is 46.7 Å². The van der Waals surface area contributed by atoms with Crippen molar-refractivity contribution < 1.29 is 19.1 Å². The lowest BCUT2D eigenvalue weighted by atomic mass is 9.90. The summed E-state index contributed by atoms with van der Waals surface area (Å²) in [6.07, 6.45) is 3.24. The topological polar surface area (TPSA) is 91.3 Å². The molecule has 0 aliphatic carbocycles. The van der Waals surface area contributed by atoms with Gasteiger partial charge < -0.3 is 15.0 Å². The lowest BCUT2D eigenvalue weighted by molar-refractivity contribution is -0.115. The number of esters is 1. The van der Waals surface area contributed by atoms with Crippen LogP contribution >= 0.6 is 0 Å². The Morgan fingerprint density at radius 2 is 1.66 bits per heavy atom. The number of fused-ring (bicyclic) bond motifs is 1. The van der Waals surface area contributed by atoms with Gasteiger partial charge in [-0.25, -0.2) is 9.59 Å². The summed E-state index contributed by atoms with van der Waals surface area (Å²) < 4.78 is 4.82. The number of carbonyl (C=O) groups is 3. The fraction of sp³-hybridized carbons (Fsp3) is 0.267. The molecule has 2 aliphatic rings. The van der Waals surface area contributed by atoms with E-state index in [0.29, 0.717) is 22.6 Å². The highest BCUT2D eigenvalue weighted by molar-refractivity contribution is 6.24. The standard InChI is InChI=1S/C30H30N4O4/c1-33(30(37)34-17-7-4-8-18-34)23-14-12-22(13-15-23)31-27(20-9-5-3-6-10-20)26-24-16-11-21(29(36)38-2)19-25(24)32-28(26)35/h3,5-6,9-16,19,26H,4,7-8,17-18H2,1-2H3,(H,32,35). The van der Waals surface area contributed by atoms with Gasteiger partial charge in [0.2, 0.25) is 5.91 Å². The Labute approximate surface area is 221 Å². The van der Waals surface area contributed by atoms with Gasteiger partial charge in [0.1, 0.15) is 5.92 Å². The zero-order valence-corrected chi connectivity index (χ0v) is 21.5. The monoisotopic (exact) mass is 510 g/mol. The fourth-order valence-electron chi connectivity index (χ4n) is 4.98. The predicted molar refractivity (Wildman–Crippen MR) is 147 cm³/mol. The number of hydrogen-bond donors (Lipinski definition) is 1. The Morgan fingerprint density at radius 3 is 2.34 bits per heavy atom. The van der Waals surface area contributed by atoms with Gasteiger partial charge in [0.05, 0.1) is 24.1 Å². The van der Waals surface area contributed by atoms with E-state index in [0.717, 1.165) is 42.7 Å². The van der Waals surface area contributed by atoms with Gasteiger partial charge in [0.15, 0.2) is 0 Å². The highest BCUT2D eigenvalue weighted by atomic mass is 16.5. The van der Waals surface area contributed by atoms with E-state index in [9.17, 15) is 14.4 Å². The first-order valence-corrected chi connectivity index (χ1v) is 12.8. The van der Waals surface area contributed by atoms with E-state index in [1.165, 1.54) is 13.5 Å². The maximum atomic E-state index is 13.2. The molecular formula is C30H30N4O4. The number of nitrogens with zero attached hydrogens (tertiary/aromatic N) is 3. The zero-order chi connectivity index (χ0) is 26.6. The molecule has 1 unspecified atom stereocenters. The molecule has 0 bridgehead atoms. The summed E-state index contributed by atoms with van der Waals surface area (Å²) in [6, 6.07) is 22.1. The summed E-state index contributed by atoms with van der Waals surface area (Å²) >= 11 is 0. The SMILES string of the molecule is COC(=O)c1ccc2c(c1)NC(=O)C2C(=Nc1ccc(N(C)C(=O)N2CCCCC2)cc1)c1ccccc1. The number of benzene rings is 3. The van der Waals surface area contributed by atoms with Gasteiger partial charge in [-0.05, 0) is 66.8 Å². The van der Waals surface area contributed by atoms with Crippen LogP contribution in [0.25, 0.3) is 0 Å². The number of methoxy groups -OCH3 is 1. The number of piperidine rings is 1. The van der Waals surface area contributed by atoms with E-state index < -0.39 is 11.9 Å². The molecule has 3 amide bonds. The molecule has 2 heterocycles. The van der Waals surface area contributed by atoms with Crippen LogP contribution in [0.5, 0.6) is 0 Å². The van der Waals surface area contributed by atoms with Crippen LogP contribution in [0.3, 0.4) is 0 Å². The molecule has 0 aromatic heterocycles. The Bertz CT molecular complexity index is 1380. The molecule has 1 fully saturated rings. The Balaban J connectivity index is 1.47. The third kappa shape index (κ3) is 5.02. The molecule has 194 valence electrons. The van der Waals surface area contributed by atoms with Crippen molar-refractivity contribution in [2.24, 2.45) is 4.99 Å². The highest BCUT2D eigenvalue weighted by Crippen LogP contribution is 2.37. The molecule has 0 saturated carbocycles. The molecule has 0 radical (unpaired) electrons. The van der Waals surface area contributed by atoms with Gasteiger partial charge in [-0.3, -0.25) is 14.7 Å². The Hall–Kier alpha value is -4.46. The van der Waals surface area contributed by atoms with Crippen LogP contribution in [0, 0.1) is 0 Å². The number of carbonyl (C=O) groups excluding carboxylic acids is 3. The highest BCUT2D eigenvalue weighted by Gasteiger charge is 2.36. The summed E-state index contributed by atoms with van der Waals surface area (Å²) in [6.45, 7) is 1.58. The van der Waals surface area contributed by atoms with Gasteiger partial charge >= 0.3 is 12.0 Å². The van der Waals surface area contributed by atoms with E-state index in [4.69, 9.17) is 9.73 Å². The first kappa shape index (κ1) is 25.2. The van der Waals surface area contributed by atoms with Crippen LogP contribution in [-0.2, 0) is 9.53 Å². The van der Waals surface area contributed by atoms with E-state index in [1.54, 1.807) is 30.1 Å². The van der Waals surface area contributed by atoms with E-state index in [-0.39, 0.29) is 11.9 Å². The molecule has 3 aromatic rings. The maximum Gasteiger partial charge on any atom is 0.337 e. The first-order chi connectivity index (χ1) is 18.5. The van der Waals surface area contributed by atoms with Crippen molar-refractivity contribution in [2.75, 3.05) is 37.5 Å². The Kier molecular flexibility index (Phi) is 7.22. The third-order valence-electron chi connectivity index (χ3n) is 7.05. The van der Waals surface area contributed by atoms with Crippen LogP contribution in [0.4, 0.5) is 21.9 Å². The van der Waals surface area contributed by atoms with Gasteiger partial charge in [-0.15, -0.1) is 0 Å². The van der Waals surface area contributed by atoms with E-state index in [2.05, 4.69) is 5.32 Å². The predicted octanol–water partition coefficient (Wildman–Crippen LogP) is 5.37. The van der Waals surface area contributed by atoms with Crippen molar-refractivity contribution in [1.82, 2.24) is 4.90 Å². The van der Waals surface area contributed by atoms with Crippen molar-refractivity contribution in [2.45, 2.75) is 25.2 Å². The van der Waals surface area contributed by atoms with Crippen LogP contribution in [0.2, 0.25) is 0 Å². The normalized spacial score (nSPS) is 17.0. The van der Waals surface area contributed by atoms with Crippen molar-refractivity contribution in [3.63, 3.8) is 0 Å². The van der Waals surface area contributed by atoms with Gasteiger partial charge in [0, 0.05) is 31.5 Å². The quantitative estimate of drug-likeness (QED) is 0.369. The smallest absolute Gasteiger partial charge is 0.337 e. The summed E-state index contributed by atoms with van der Waals surface area (Å²) in [4.78, 5) is 46.6. The number of nitrogens with one attached hydrogen (secondary N) is 1. The number of hydrogen-bond acceptors (Lipinski definition) is 5. The fourth-order valence-corrected chi connectivity index (χ4v) is 4.98. The lowest BCUT2D eigenvalue weighted by Gasteiger charge is -2.31. The lowest BCUT2D eigenvalue weighted by Crippen LogP contribution is -2.43. The van der Waals surface area contributed by atoms with Gasteiger partial charge in [-0.2, -0.15) is 0 Å². The molecule has 5 rings (SSSR count). The number of ether oxygens (including phenoxy) is 1. The van der Waals surface area contributed by atoms with Crippen molar-refractivity contribution in [3.8, 4) is 0 Å². The number of likely N-dealkylation sites (tertiary alicyclic amines) is 1. The summed E-state index contributed by atoms with van der Waals surface area (Å²) in [5, 5.41) is 2.89. The average Bonchev–Trinajstić information content (AvgIpc) is 3.30. The second kappa shape index (κ2) is 10.9. The molecule has 0 spiro atoms. The summed E-state index contributed by atoms with van der Waals surface area (Å²) in [5.74, 6) is -1.33. The summed E-state index contributed by atoms with van der Waals surface area (Å²) in [7, 11) is 3.11. The molecule has 8 nitrogen and oxygen atoms in total. The zero-order valence-electron chi connectivity index (χ0n) is 21.5. The number of amides is 3. The molecule has 8 heteroatoms. The molecule has 3 aromatic carbocycles. The largest absolute Gasteiger partial charge is 0.465 e. The maximum absolute atomic E-state index is 13.2. The average molecular weight is 511 g/mol. The molecular weight excluding hydrogens is 480 g/mol. The molecule has 1 N–H and O–H groups in total. The van der Waals surface area contributed by atoms with Crippen LogP contribution in [-0.4, -0.2) is 55.8 Å². The Morgan fingerprint density at radius 1 is 0.947 bits per heavy atom. The minimum atomic E-state index is -0.651.